The number of amides is 2. The van der Waals surface area contributed by atoms with Crippen molar-refractivity contribution in [3.8, 4) is 0 Å². The van der Waals surface area contributed by atoms with E-state index in [1.807, 2.05) is 0 Å². The Bertz CT molecular complexity index is 1370. The molecule has 11 nitrogen and oxygen atoms in total. The minimum atomic E-state index is -1.11. The van der Waals surface area contributed by atoms with E-state index in [-0.39, 0.29) is 29.9 Å². The smallest absolute Gasteiger partial charge is 0.409 e. The van der Waals surface area contributed by atoms with E-state index in [1.54, 1.807) is 9.47 Å². The van der Waals surface area contributed by atoms with E-state index in [2.05, 4.69) is 25.6 Å². The van der Waals surface area contributed by atoms with E-state index < -0.39 is 29.2 Å². The zero-order valence-corrected chi connectivity index (χ0v) is 21.3. The van der Waals surface area contributed by atoms with Gasteiger partial charge in [-0.25, -0.2) is 27.9 Å². The van der Waals surface area contributed by atoms with Gasteiger partial charge in [-0.1, -0.05) is 0 Å². The van der Waals surface area contributed by atoms with E-state index in [9.17, 15) is 22.8 Å². The van der Waals surface area contributed by atoms with Crippen LogP contribution in [0.2, 0.25) is 0 Å². The van der Waals surface area contributed by atoms with Crippen LogP contribution in [0, 0.1) is 23.4 Å². The number of aromatic nitrogens is 4. The fourth-order valence-corrected chi connectivity index (χ4v) is 5.36. The van der Waals surface area contributed by atoms with Crippen molar-refractivity contribution in [2.45, 2.75) is 50.6 Å². The van der Waals surface area contributed by atoms with Crippen molar-refractivity contribution >= 4 is 40.7 Å². The maximum Gasteiger partial charge on any atom is 0.409 e. The number of nitrogens with two attached hydrogens (primary N) is 1. The van der Waals surface area contributed by atoms with Crippen LogP contribution in [-0.4, -0.2) is 62.7 Å². The number of piperidine rings is 1. The summed E-state index contributed by atoms with van der Waals surface area (Å²) in [5, 5.41) is 5.94. The van der Waals surface area contributed by atoms with Crippen molar-refractivity contribution in [3.05, 3.63) is 35.8 Å². The van der Waals surface area contributed by atoms with Gasteiger partial charge in [-0.3, -0.25) is 9.36 Å². The SMILES string of the molecule is COC(=O)N1CCCC(Nc2ncc3nc(Nc4c(F)cc(F)cc4F)n(C4CCC(C(N)=O)CC4)c3n2)C1. The van der Waals surface area contributed by atoms with Crippen LogP contribution in [0.4, 0.5) is 35.5 Å². The van der Waals surface area contributed by atoms with Gasteiger partial charge in [0, 0.05) is 43.2 Å². The number of nitrogens with one attached hydrogen (secondary N) is 2. The number of carbonyl (C=O) groups excluding carboxylic acids is 2. The number of halogens is 3. The fraction of sp³-hybridized carbons (Fsp3) is 0.480. The summed E-state index contributed by atoms with van der Waals surface area (Å²) >= 11 is 0. The van der Waals surface area contributed by atoms with E-state index in [1.165, 1.54) is 13.3 Å². The molecule has 1 aliphatic carbocycles. The third kappa shape index (κ3) is 5.54. The van der Waals surface area contributed by atoms with Crippen molar-refractivity contribution in [2.24, 2.45) is 11.7 Å². The van der Waals surface area contributed by atoms with Gasteiger partial charge in [0.25, 0.3) is 0 Å². The fourth-order valence-electron chi connectivity index (χ4n) is 5.36. The molecule has 1 saturated carbocycles. The van der Waals surface area contributed by atoms with Crippen LogP contribution in [0.25, 0.3) is 11.2 Å². The van der Waals surface area contributed by atoms with E-state index in [0.29, 0.717) is 68.0 Å². The largest absolute Gasteiger partial charge is 0.453 e. The monoisotopic (exact) mass is 546 g/mol. The van der Waals surface area contributed by atoms with Gasteiger partial charge in [0.1, 0.15) is 17.0 Å². The molecule has 5 rings (SSSR count). The highest BCUT2D eigenvalue weighted by Crippen LogP contribution is 2.37. The quantitative estimate of drug-likeness (QED) is 0.424. The molecule has 208 valence electrons. The first-order chi connectivity index (χ1) is 18.7. The van der Waals surface area contributed by atoms with Gasteiger partial charge in [-0.2, -0.15) is 4.98 Å². The number of carbonyl (C=O) groups is 2. The Morgan fingerprint density at radius 1 is 1.08 bits per heavy atom. The lowest BCUT2D eigenvalue weighted by Crippen LogP contribution is -2.45. The molecule has 1 atom stereocenters. The molecule has 3 aromatic rings. The Morgan fingerprint density at radius 2 is 1.79 bits per heavy atom. The summed E-state index contributed by atoms with van der Waals surface area (Å²) in [5.74, 6) is -3.46. The molecule has 2 amide bonds. The Hall–Kier alpha value is -4.10. The summed E-state index contributed by atoms with van der Waals surface area (Å²) in [5.41, 5.74) is 5.75. The van der Waals surface area contributed by atoms with Crippen LogP contribution < -0.4 is 16.4 Å². The molecular weight excluding hydrogens is 517 g/mol. The first-order valence-electron chi connectivity index (χ1n) is 12.8. The molecule has 39 heavy (non-hydrogen) atoms. The van der Waals surface area contributed by atoms with Crippen LogP contribution >= 0.6 is 0 Å². The first-order valence-corrected chi connectivity index (χ1v) is 12.8. The molecule has 0 spiro atoms. The second-order valence-electron chi connectivity index (χ2n) is 9.88. The Balaban J connectivity index is 1.48. The molecule has 1 aliphatic heterocycles. The highest BCUT2D eigenvalue weighted by atomic mass is 19.1. The minimum Gasteiger partial charge on any atom is -0.453 e. The van der Waals surface area contributed by atoms with Crippen molar-refractivity contribution in [1.82, 2.24) is 24.4 Å². The van der Waals surface area contributed by atoms with Gasteiger partial charge in [0.05, 0.1) is 13.3 Å². The average molecular weight is 547 g/mol. The highest BCUT2D eigenvalue weighted by molar-refractivity contribution is 5.78. The van der Waals surface area contributed by atoms with Crippen molar-refractivity contribution < 1.29 is 27.5 Å². The van der Waals surface area contributed by atoms with E-state index in [0.717, 1.165) is 12.8 Å². The summed E-state index contributed by atoms with van der Waals surface area (Å²) in [7, 11) is 1.34. The van der Waals surface area contributed by atoms with Crippen molar-refractivity contribution in [1.29, 1.82) is 0 Å². The number of fused-ring (bicyclic) bond motifs is 1. The lowest BCUT2D eigenvalue weighted by molar-refractivity contribution is -0.122. The maximum atomic E-state index is 14.5. The van der Waals surface area contributed by atoms with Crippen LogP contribution in [0.5, 0.6) is 0 Å². The van der Waals surface area contributed by atoms with Gasteiger partial charge in [0.2, 0.25) is 17.8 Å². The van der Waals surface area contributed by atoms with Crippen LogP contribution in [-0.2, 0) is 9.53 Å². The van der Waals surface area contributed by atoms with Gasteiger partial charge < -0.3 is 26.0 Å². The normalized spacial score (nSPS) is 21.5. The summed E-state index contributed by atoms with van der Waals surface area (Å²) < 4.78 is 49.1. The molecule has 0 radical (unpaired) electrons. The topological polar surface area (TPSA) is 140 Å². The number of rotatable bonds is 6. The van der Waals surface area contributed by atoms with E-state index in [4.69, 9.17) is 10.5 Å². The van der Waals surface area contributed by atoms with Crippen LogP contribution in [0.15, 0.2) is 18.3 Å². The third-order valence-corrected chi connectivity index (χ3v) is 7.33. The molecule has 0 bridgehead atoms. The first kappa shape index (κ1) is 26.5. The second kappa shape index (κ2) is 10.9. The Labute approximate surface area is 221 Å². The number of methoxy groups -OCH3 is 1. The van der Waals surface area contributed by atoms with Gasteiger partial charge in [-0.15, -0.1) is 0 Å². The number of nitrogens with zero attached hydrogens (tertiary/aromatic N) is 5. The van der Waals surface area contributed by atoms with Gasteiger partial charge in [0.15, 0.2) is 17.3 Å². The summed E-state index contributed by atoms with van der Waals surface area (Å²) in [6.07, 6.45) is 4.87. The Morgan fingerprint density at radius 3 is 2.46 bits per heavy atom. The van der Waals surface area contributed by atoms with Crippen molar-refractivity contribution in [2.75, 3.05) is 30.8 Å². The molecular formula is C25H29F3N8O3. The minimum absolute atomic E-state index is 0.109. The molecule has 1 saturated heterocycles. The molecule has 4 N–H and O–H groups in total. The lowest BCUT2D eigenvalue weighted by Gasteiger charge is -2.32. The molecule has 14 heteroatoms. The number of ether oxygens (including phenoxy) is 1. The number of likely N-dealkylation sites (tertiary alicyclic amines) is 1. The number of hydrogen-bond acceptors (Lipinski definition) is 8. The second-order valence-corrected chi connectivity index (χ2v) is 9.88. The predicted molar refractivity (Wildman–Crippen MR) is 136 cm³/mol. The number of imidazole rings is 1. The Kier molecular flexibility index (Phi) is 7.44. The predicted octanol–water partition coefficient (Wildman–Crippen LogP) is 3.85. The highest BCUT2D eigenvalue weighted by Gasteiger charge is 2.30. The zero-order valence-electron chi connectivity index (χ0n) is 21.3. The molecule has 3 heterocycles. The number of hydrogen-bond donors (Lipinski definition) is 3. The average Bonchev–Trinajstić information content (AvgIpc) is 3.27. The maximum absolute atomic E-state index is 14.5. The number of anilines is 3. The standard InChI is InChI=1S/C25H29F3N8O3/c1-39-25(38)35-8-2-3-15(12-35)31-23-30-11-19-22(34-23)36(16-6-4-13(5-7-16)21(29)37)24(32-19)33-20-17(27)9-14(26)10-18(20)28/h9-11,13,15-16H,2-8,12H2,1H3,(H2,29,37)(H,32,33)(H,30,31,34). The third-order valence-electron chi connectivity index (χ3n) is 7.33. The van der Waals surface area contributed by atoms with Gasteiger partial charge in [-0.05, 0) is 38.5 Å². The number of benzene rings is 1. The summed E-state index contributed by atoms with van der Waals surface area (Å²) in [6.45, 7) is 1.01. The molecule has 1 aromatic carbocycles. The van der Waals surface area contributed by atoms with Crippen LogP contribution in [0.1, 0.15) is 44.6 Å². The molecule has 2 aliphatic rings. The summed E-state index contributed by atoms with van der Waals surface area (Å²) in [6, 6.07) is 0.852. The van der Waals surface area contributed by atoms with Crippen molar-refractivity contribution in [3.63, 3.8) is 0 Å². The zero-order chi connectivity index (χ0) is 27.7. The van der Waals surface area contributed by atoms with E-state index >= 15 is 0 Å². The lowest BCUT2D eigenvalue weighted by atomic mass is 9.85. The summed E-state index contributed by atoms with van der Waals surface area (Å²) in [4.78, 5) is 38.8. The molecule has 2 fully saturated rings. The van der Waals surface area contributed by atoms with Gasteiger partial charge >= 0.3 is 6.09 Å². The van der Waals surface area contributed by atoms with Crippen LogP contribution in [0.3, 0.4) is 0 Å². The molecule has 1 unspecified atom stereocenters. The molecule has 2 aromatic heterocycles. The number of primary amides is 1.